The lowest BCUT2D eigenvalue weighted by molar-refractivity contribution is 0.258. The molecule has 0 aromatic heterocycles. The van der Waals surface area contributed by atoms with Crippen molar-refractivity contribution >= 4 is 27.5 Å². The van der Waals surface area contributed by atoms with Gasteiger partial charge in [-0.05, 0) is 31.2 Å². The summed E-state index contributed by atoms with van der Waals surface area (Å²) in [5, 5.41) is 7.72. The molecule has 104 valence electrons. The number of piperazine rings is 1. The van der Waals surface area contributed by atoms with Crippen LogP contribution in [0.25, 0.3) is 0 Å². The zero-order valence-electron chi connectivity index (χ0n) is 11.3. The first-order valence-electron chi connectivity index (χ1n) is 6.73. The molecule has 0 radical (unpaired) electrons. The second kappa shape index (κ2) is 6.39. The van der Waals surface area contributed by atoms with Gasteiger partial charge in [-0.2, -0.15) is 0 Å². The quantitative estimate of drug-likeness (QED) is 0.659. The fourth-order valence-corrected chi connectivity index (χ4v) is 2.89. The summed E-state index contributed by atoms with van der Waals surface area (Å²) in [6, 6.07) is 5.99. The Bertz CT molecular complexity index is 453. The minimum Gasteiger partial charge on any atom is -0.384 e. The van der Waals surface area contributed by atoms with E-state index in [4.69, 9.17) is 11.1 Å². The fourth-order valence-electron chi connectivity index (χ4n) is 2.53. The number of benzene rings is 1. The van der Waals surface area contributed by atoms with E-state index in [0.29, 0.717) is 0 Å². The first-order chi connectivity index (χ1) is 9.11. The van der Waals surface area contributed by atoms with Crippen LogP contribution in [-0.2, 0) is 0 Å². The summed E-state index contributed by atoms with van der Waals surface area (Å²) in [6.07, 6.45) is 1.21. The number of hydrogen-bond acceptors (Lipinski definition) is 3. The third kappa shape index (κ3) is 3.48. The highest BCUT2D eigenvalue weighted by molar-refractivity contribution is 9.10. The maximum Gasteiger partial charge on any atom is 0.124 e. The largest absolute Gasteiger partial charge is 0.384 e. The van der Waals surface area contributed by atoms with Gasteiger partial charge in [-0.3, -0.25) is 10.3 Å². The first-order valence-corrected chi connectivity index (χ1v) is 7.52. The summed E-state index contributed by atoms with van der Waals surface area (Å²) in [5.41, 5.74) is 7.58. The lowest BCUT2D eigenvalue weighted by atomic mass is 10.1. The molecule has 0 atom stereocenters. The van der Waals surface area contributed by atoms with Crippen molar-refractivity contribution in [1.82, 2.24) is 4.90 Å². The van der Waals surface area contributed by atoms with Crippen molar-refractivity contribution in [2.45, 2.75) is 13.3 Å². The first kappa shape index (κ1) is 14.3. The molecule has 1 aromatic carbocycles. The maximum atomic E-state index is 7.72. The van der Waals surface area contributed by atoms with Gasteiger partial charge >= 0.3 is 0 Å². The van der Waals surface area contributed by atoms with Gasteiger partial charge in [0.25, 0.3) is 0 Å². The molecule has 0 amide bonds. The summed E-state index contributed by atoms with van der Waals surface area (Å²) >= 11 is 3.44. The summed E-state index contributed by atoms with van der Waals surface area (Å²) in [7, 11) is 0. The highest BCUT2D eigenvalue weighted by Gasteiger charge is 2.19. The van der Waals surface area contributed by atoms with E-state index in [1.54, 1.807) is 0 Å². The van der Waals surface area contributed by atoms with Crippen LogP contribution >= 0.6 is 15.9 Å². The molecule has 1 aliphatic heterocycles. The van der Waals surface area contributed by atoms with E-state index in [1.807, 2.05) is 12.1 Å². The lowest BCUT2D eigenvalue weighted by Gasteiger charge is -2.36. The molecule has 4 nitrogen and oxygen atoms in total. The summed E-state index contributed by atoms with van der Waals surface area (Å²) in [5.74, 6) is 0.132. The Labute approximate surface area is 123 Å². The predicted octanol–water partition coefficient (Wildman–Crippen LogP) is 2.27. The van der Waals surface area contributed by atoms with Gasteiger partial charge in [0.1, 0.15) is 5.84 Å². The van der Waals surface area contributed by atoms with Crippen LogP contribution in [0.1, 0.15) is 18.9 Å². The van der Waals surface area contributed by atoms with Crippen molar-refractivity contribution in [3.05, 3.63) is 28.2 Å². The van der Waals surface area contributed by atoms with Gasteiger partial charge in [-0.25, -0.2) is 0 Å². The van der Waals surface area contributed by atoms with Crippen LogP contribution in [0.5, 0.6) is 0 Å². The Morgan fingerprint density at radius 3 is 2.58 bits per heavy atom. The van der Waals surface area contributed by atoms with Crippen LogP contribution in [0.15, 0.2) is 22.7 Å². The van der Waals surface area contributed by atoms with Crippen molar-refractivity contribution in [1.29, 1.82) is 5.41 Å². The molecule has 0 unspecified atom stereocenters. The number of rotatable bonds is 4. The van der Waals surface area contributed by atoms with E-state index in [-0.39, 0.29) is 5.84 Å². The van der Waals surface area contributed by atoms with Crippen molar-refractivity contribution < 1.29 is 0 Å². The van der Waals surface area contributed by atoms with E-state index in [2.05, 4.69) is 38.7 Å². The highest BCUT2D eigenvalue weighted by atomic mass is 79.9. The number of halogens is 1. The molecule has 0 aliphatic carbocycles. The average Bonchev–Trinajstić information content (AvgIpc) is 2.40. The highest BCUT2D eigenvalue weighted by Crippen LogP contribution is 2.25. The molecular formula is C14H21BrN4. The van der Waals surface area contributed by atoms with Crippen LogP contribution in [-0.4, -0.2) is 43.5 Å². The number of nitrogens with zero attached hydrogens (tertiary/aromatic N) is 2. The Hall–Kier alpha value is -1.07. The van der Waals surface area contributed by atoms with Crippen LogP contribution in [0.3, 0.4) is 0 Å². The van der Waals surface area contributed by atoms with Gasteiger partial charge in [0.15, 0.2) is 0 Å². The van der Waals surface area contributed by atoms with E-state index < -0.39 is 0 Å². The van der Waals surface area contributed by atoms with Gasteiger partial charge in [-0.15, -0.1) is 0 Å². The van der Waals surface area contributed by atoms with Crippen molar-refractivity contribution in [3.8, 4) is 0 Å². The molecule has 2 rings (SSSR count). The van der Waals surface area contributed by atoms with E-state index in [9.17, 15) is 0 Å². The topological polar surface area (TPSA) is 56.4 Å². The van der Waals surface area contributed by atoms with Crippen molar-refractivity contribution in [2.75, 3.05) is 37.6 Å². The Kier molecular flexibility index (Phi) is 4.82. The van der Waals surface area contributed by atoms with Gasteiger partial charge < -0.3 is 10.6 Å². The van der Waals surface area contributed by atoms with Crippen LogP contribution in [0, 0.1) is 5.41 Å². The number of amidine groups is 1. The Morgan fingerprint density at radius 2 is 2.00 bits per heavy atom. The molecular weight excluding hydrogens is 304 g/mol. The van der Waals surface area contributed by atoms with Crippen LogP contribution in [0.2, 0.25) is 0 Å². The number of nitrogens with one attached hydrogen (secondary N) is 1. The molecule has 1 saturated heterocycles. The second-order valence-electron chi connectivity index (χ2n) is 4.90. The standard InChI is InChI=1S/C14H21BrN4/c1-2-5-18-6-8-19(9-7-18)13-4-3-11(15)10-12(13)14(16)17/h3-4,10H,2,5-9H2,1H3,(H3,16,17). The molecule has 5 heteroatoms. The number of hydrogen-bond donors (Lipinski definition) is 2. The van der Waals surface area contributed by atoms with E-state index in [0.717, 1.165) is 41.9 Å². The fraction of sp³-hybridized carbons (Fsp3) is 0.500. The predicted molar refractivity (Wildman–Crippen MR) is 84.1 cm³/mol. The van der Waals surface area contributed by atoms with E-state index >= 15 is 0 Å². The normalized spacial score (nSPS) is 16.6. The molecule has 1 aliphatic rings. The van der Waals surface area contributed by atoms with Crippen LogP contribution in [0.4, 0.5) is 5.69 Å². The van der Waals surface area contributed by atoms with E-state index in [1.165, 1.54) is 13.0 Å². The zero-order valence-corrected chi connectivity index (χ0v) is 12.9. The minimum atomic E-state index is 0.132. The molecule has 1 fully saturated rings. The minimum absolute atomic E-state index is 0.132. The van der Waals surface area contributed by atoms with Gasteiger partial charge in [0, 0.05) is 41.9 Å². The Balaban J connectivity index is 2.13. The number of nitrogens with two attached hydrogens (primary N) is 1. The average molecular weight is 325 g/mol. The number of anilines is 1. The zero-order chi connectivity index (χ0) is 13.8. The Morgan fingerprint density at radius 1 is 1.32 bits per heavy atom. The molecule has 19 heavy (non-hydrogen) atoms. The van der Waals surface area contributed by atoms with Crippen LogP contribution < -0.4 is 10.6 Å². The molecule has 3 N–H and O–H groups in total. The molecule has 0 bridgehead atoms. The van der Waals surface area contributed by atoms with Gasteiger partial charge in [0.05, 0.1) is 0 Å². The third-order valence-electron chi connectivity index (χ3n) is 3.50. The molecule has 0 saturated carbocycles. The molecule has 1 heterocycles. The van der Waals surface area contributed by atoms with Crippen molar-refractivity contribution in [2.24, 2.45) is 5.73 Å². The number of nitrogen functional groups attached to an aromatic ring is 1. The third-order valence-corrected chi connectivity index (χ3v) is 3.99. The lowest BCUT2D eigenvalue weighted by Crippen LogP contribution is -2.47. The maximum absolute atomic E-state index is 7.72. The molecule has 0 spiro atoms. The second-order valence-corrected chi connectivity index (χ2v) is 5.82. The summed E-state index contributed by atoms with van der Waals surface area (Å²) < 4.78 is 0.964. The summed E-state index contributed by atoms with van der Waals surface area (Å²) in [4.78, 5) is 4.82. The smallest absolute Gasteiger partial charge is 0.124 e. The van der Waals surface area contributed by atoms with Gasteiger partial charge in [0.2, 0.25) is 0 Å². The SMILES string of the molecule is CCCN1CCN(c2ccc(Br)cc2C(=N)N)CC1. The summed E-state index contributed by atoms with van der Waals surface area (Å²) in [6.45, 7) is 7.56. The monoisotopic (exact) mass is 324 g/mol. The van der Waals surface area contributed by atoms with Crippen molar-refractivity contribution in [3.63, 3.8) is 0 Å². The molecule has 1 aromatic rings. The van der Waals surface area contributed by atoms with Gasteiger partial charge in [-0.1, -0.05) is 22.9 Å².